The van der Waals surface area contributed by atoms with Crippen LogP contribution >= 0.6 is 43.5 Å². The van der Waals surface area contributed by atoms with Crippen LogP contribution in [0.1, 0.15) is 11.1 Å². The Bertz CT molecular complexity index is 659. The molecule has 0 atom stereocenters. The van der Waals surface area contributed by atoms with Crippen molar-refractivity contribution in [1.82, 2.24) is 0 Å². The van der Waals surface area contributed by atoms with Crippen LogP contribution in [0, 0.1) is 0 Å². The van der Waals surface area contributed by atoms with Crippen LogP contribution in [0.15, 0.2) is 45.3 Å². The van der Waals surface area contributed by atoms with Crippen LogP contribution in [-0.4, -0.2) is 0 Å². The van der Waals surface area contributed by atoms with Crippen molar-refractivity contribution in [2.24, 2.45) is 0 Å². The molecule has 0 spiro atoms. The first-order chi connectivity index (χ1) is 9.77. The molecule has 0 aromatic heterocycles. The van der Waals surface area contributed by atoms with Gasteiger partial charge in [0.15, 0.2) is 0 Å². The lowest BCUT2D eigenvalue weighted by atomic mass is 10.2. The van der Waals surface area contributed by atoms with Gasteiger partial charge in [-0.25, -0.2) is 0 Å². The first-order valence-electron chi connectivity index (χ1n) is 5.82. The van der Waals surface area contributed by atoms with Crippen molar-refractivity contribution in [3.63, 3.8) is 0 Å². The zero-order valence-corrected chi connectivity index (χ0v) is 14.4. The summed E-state index contributed by atoms with van der Waals surface area (Å²) < 4.78 is 39.4. The minimum absolute atomic E-state index is 0.385. The van der Waals surface area contributed by atoms with Crippen molar-refractivity contribution in [3.8, 4) is 0 Å². The van der Waals surface area contributed by atoms with E-state index < -0.39 is 11.7 Å². The lowest BCUT2D eigenvalue weighted by Gasteiger charge is -2.13. The second-order valence-electron chi connectivity index (χ2n) is 4.29. The topological polar surface area (TPSA) is 12.0 Å². The van der Waals surface area contributed by atoms with Gasteiger partial charge in [0.25, 0.3) is 0 Å². The second-order valence-corrected chi connectivity index (χ2v) is 6.41. The molecule has 1 N–H and O–H groups in total. The van der Waals surface area contributed by atoms with Crippen LogP contribution in [0.3, 0.4) is 0 Å². The minimum Gasteiger partial charge on any atom is -0.380 e. The molecule has 7 heteroatoms. The summed E-state index contributed by atoms with van der Waals surface area (Å²) in [5, 5.41) is 3.56. The third kappa shape index (κ3) is 4.37. The fourth-order valence-electron chi connectivity index (χ4n) is 1.68. The molecule has 0 unspecified atom stereocenters. The van der Waals surface area contributed by atoms with E-state index in [0.29, 0.717) is 21.7 Å². The molecule has 0 bridgehead atoms. The molecular formula is C14H9Br2ClF3N. The summed E-state index contributed by atoms with van der Waals surface area (Å²) in [6.45, 7) is 0.385. The number of hydrogen-bond donors (Lipinski definition) is 1. The molecule has 0 fully saturated rings. The van der Waals surface area contributed by atoms with E-state index in [0.717, 1.165) is 22.2 Å². The molecule has 0 aliphatic heterocycles. The number of halogens is 6. The number of benzene rings is 2. The third-order valence-corrected chi connectivity index (χ3v) is 4.67. The van der Waals surface area contributed by atoms with Gasteiger partial charge in [0.1, 0.15) is 0 Å². The first kappa shape index (κ1) is 16.6. The molecule has 0 heterocycles. The van der Waals surface area contributed by atoms with Crippen molar-refractivity contribution < 1.29 is 13.2 Å². The Labute approximate surface area is 141 Å². The number of hydrogen-bond acceptors (Lipinski definition) is 1. The SMILES string of the molecule is FC(F)(F)c1ccc(Br)c(NCc2ccc(Cl)c(Br)c2)c1. The van der Waals surface area contributed by atoms with Crippen LogP contribution in [-0.2, 0) is 12.7 Å². The van der Waals surface area contributed by atoms with E-state index in [-0.39, 0.29) is 0 Å². The summed E-state index contributed by atoms with van der Waals surface area (Å²) in [5.74, 6) is 0. The van der Waals surface area contributed by atoms with Gasteiger partial charge < -0.3 is 5.32 Å². The monoisotopic (exact) mass is 441 g/mol. The van der Waals surface area contributed by atoms with Crippen LogP contribution in [0.5, 0.6) is 0 Å². The lowest BCUT2D eigenvalue weighted by Crippen LogP contribution is -2.07. The number of anilines is 1. The molecular weight excluding hydrogens is 434 g/mol. The Balaban J connectivity index is 2.17. The predicted octanol–water partition coefficient (Wildman–Crippen LogP) is 6.50. The first-order valence-corrected chi connectivity index (χ1v) is 7.78. The highest BCUT2D eigenvalue weighted by Crippen LogP contribution is 2.34. The number of nitrogens with one attached hydrogen (secondary N) is 1. The predicted molar refractivity (Wildman–Crippen MR) is 85.6 cm³/mol. The molecule has 2 rings (SSSR count). The van der Waals surface area contributed by atoms with Crippen molar-refractivity contribution in [1.29, 1.82) is 0 Å². The fraction of sp³-hybridized carbons (Fsp3) is 0.143. The standard InChI is InChI=1S/C14H9Br2ClF3N/c15-10-3-2-9(14(18,19)20)6-13(10)21-7-8-1-4-12(17)11(16)5-8/h1-6,21H,7H2. The molecule has 0 aliphatic carbocycles. The van der Waals surface area contributed by atoms with Gasteiger partial charge >= 0.3 is 6.18 Å². The summed E-state index contributed by atoms with van der Waals surface area (Å²) >= 11 is 12.4. The van der Waals surface area contributed by atoms with Gasteiger partial charge in [0.05, 0.1) is 10.6 Å². The molecule has 2 aromatic rings. The molecule has 0 radical (unpaired) electrons. The lowest BCUT2D eigenvalue weighted by molar-refractivity contribution is -0.137. The quantitative estimate of drug-likeness (QED) is 0.571. The van der Waals surface area contributed by atoms with Crippen molar-refractivity contribution in [2.75, 3.05) is 5.32 Å². The van der Waals surface area contributed by atoms with Gasteiger partial charge in [-0.05, 0) is 67.8 Å². The van der Waals surface area contributed by atoms with E-state index in [1.165, 1.54) is 6.07 Å². The Morgan fingerprint density at radius 1 is 1.00 bits per heavy atom. The molecule has 1 nitrogen and oxygen atoms in total. The van der Waals surface area contributed by atoms with Gasteiger partial charge in [0.2, 0.25) is 0 Å². The van der Waals surface area contributed by atoms with E-state index in [1.54, 1.807) is 6.07 Å². The Morgan fingerprint density at radius 2 is 1.71 bits per heavy atom. The molecule has 112 valence electrons. The maximum Gasteiger partial charge on any atom is 0.416 e. The fourth-order valence-corrected chi connectivity index (χ4v) is 2.61. The van der Waals surface area contributed by atoms with Crippen LogP contribution in [0.2, 0.25) is 5.02 Å². The smallest absolute Gasteiger partial charge is 0.380 e. The maximum absolute atomic E-state index is 12.7. The highest BCUT2D eigenvalue weighted by Gasteiger charge is 2.30. The van der Waals surface area contributed by atoms with E-state index in [2.05, 4.69) is 37.2 Å². The molecule has 0 amide bonds. The maximum atomic E-state index is 12.7. The van der Waals surface area contributed by atoms with Gasteiger partial charge in [-0.2, -0.15) is 13.2 Å². The van der Waals surface area contributed by atoms with E-state index in [1.807, 2.05) is 12.1 Å². The summed E-state index contributed by atoms with van der Waals surface area (Å²) in [6, 6.07) is 8.84. The van der Waals surface area contributed by atoms with Gasteiger partial charge in [-0.3, -0.25) is 0 Å². The normalized spacial score (nSPS) is 11.5. The largest absolute Gasteiger partial charge is 0.416 e. The molecule has 0 saturated carbocycles. The summed E-state index contributed by atoms with van der Waals surface area (Å²) in [5.41, 5.74) is 0.594. The highest BCUT2D eigenvalue weighted by atomic mass is 79.9. The zero-order chi connectivity index (χ0) is 15.6. The summed E-state index contributed by atoms with van der Waals surface area (Å²) in [6.07, 6.45) is -4.36. The molecule has 21 heavy (non-hydrogen) atoms. The van der Waals surface area contributed by atoms with E-state index in [4.69, 9.17) is 11.6 Å². The van der Waals surface area contributed by atoms with Gasteiger partial charge in [0, 0.05) is 21.2 Å². The zero-order valence-electron chi connectivity index (χ0n) is 10.4. The molecule has 0 saturated heterocycles. The highest BCUT2D eigenvalue weighted by molar-refractivity contribution is 9.11. The number of alkyl halides is 3. The van der Waals surface area contributed by atoms with E-state index in [9.17, 15) is 13.2 Å². The Hall–Kier alpha value is -0.720. The minimum atomic E-state index is -4.36. The Kier molecular flexibility index (Phi) is 5.22. The van der Waals surface area contributed by atoms with Crippen LogP contribution in [0.4, 0.5) is 18.9 Å². The van der Waals surface area contributed by atoms with Gasteiger partial charge in [-0.1, -0.05) is 17.7 Å². The second kappa shape index (κ2) is 6.58. The van der Waals surface area contributed by atoms with E-state index >= 15 is 0 Å². The van der Waals surface area contributed by atoms with Crippen molar-refractivity contribution >= 4 is 49.1 Å². The van der Waals surface area contributed by atoms with Crippen molar-refractivity contribution in [3.05, 3.63) is 61.5 Å². The third-order valence-electron chi connectivity index (χ3n) is 2.76. The van der Waals surface area contributed by atoms with Gasteiger partial charge in [-0.15, -0.1) is 0 Å². The average Bonchev–Trinajstić information content (AvgIpc) is 2.40. The number of rotatable bonds is 3. The van der Waals surface area contributed by atoms with Crippen LogP contribution in [0.25, 0.3) is 0 Å². The summed E-state index contributed by atoms with van der Waals surface area (Å²) in [7, 11) is 0. The molecule has 0 aliphatic rings. The molecule has 2 aromatic carbocycles. The average molecular weight is 443 g/mol. The Morgan fingerprint density at radius 3 is 2.33 bits per heavy atom. The van der Waals surface area contributed by atoms with Crippen LogP contribution < -0.4 is 5.32 Å². The summed E-state index contributed by atoms with van der Waals surface area (Å²) in [4.78, 5) is 0. The van der Waals surface area contributed by atoms with Crippen molar-refractivity contribution in [2.45, 2.75) is 12.7 Å².